The van der Waals surface area contributed by atoms with E-state index in [1.807, 2.05) is 6.07 Å². The van der Waals surface area contributed by atoms with E-state index in [0.29, 0.717) is 6.42 Å². The molecule has 1 aromatic rings. The van der Waals surface area contributed by atoms with E-state index in [9.17, 15) is 8.42 Å². The predicted molar refractivity (Wildman–Crippen MR) is 65.8 cm³/mol. The molecular weight excluding hydrogens is 281 g/mol. The molecule has 90 valence electrons. The predicted octanol–water partition coefficient (Wildman–Crippen LogP) is 3.07. The maximum atomic E-state index is 12.4. The summed E-state index contributed by atoms with van der Waals surface area (Å²) >= 11 is 11.6. The summed E-state index contributed by atoms with van der Waals surface area (Å²) in [7, 11) is -3.76. The highest BCUT2D eigenvalue weighted by Gasteiger charge is 2.63. The van der Waals surface area contributed by atoms with E-state index in [1.54, 1.807) is 6.92 Å². The summed E-state index contributed by atoms with van der Waals surface area (Å²) in [5.41, 5.74) is 0. The van der Waals surface area contributed by atoms with Crippen molar-refractivity contribution >= 4 is 33.0 Å². The number of benzene rings is 1. The number of sulfone groups is 1. The van der Waals surface area contributed by atoms with Crippen LogP contribution in [0.2, 0.25) is 10.0 Å². The van der Waals surface area contributed by atoms with Crippen LogP contribution in [-0.2, 0) is 9.84 Å². The molecule has 0 N–H and O–H groups in total. The first kappa shape index (κ1) is 12.7. The van der Waals surface area contributed by atoms with Gasteiger partial charge < -0.3 is 0 Å². The van der Waals surface area contributed by atoms with Crippen LogP contribution >= 0.6 is 23.2 Å². The Bertz CT molecular complexity index is 621. The zero-order chi connectivity index (χ0) is 12.8. The molecule has 6 heteroatoms. The largest absolute Gasteiger partial charge is 0.222 e. The van der Waals surface area contributed by atoms with Crippen LogP contribution < -0.4 is 0 Å². The van der Waals surface area contributed by atoms with Crippen molar-refractivity contribution in [1.29, 1.82) is 5.26 Å². The van der Waals surface area contributed by atoms with E-state index in [0.717, 1.165) is 0 Å². The second-order valence-corrected chi connectivity index (χ2v) is 7.20. The Morgan fingerprint density at radius 1 is 1.47 bits per heavy atom. The van der Waals surface area contributed by atoms with Gasteiger partial charge in [0.05, 0.1) is 16.0 Å². The lowest BCUT2D eigenvalue weighted by Gasteiger charge is -2.11. The third-order valence-electron chi connectivity index (χ3n) is 3.10. The number of nitriles is 1. The highest BCUT2D eigenvalue weighted by Crippen LogP contribution is 2.52. The lowest BCUT2D eigenvalue weighted by molar-refractivity contribution is 0.585. The van der Waals surface area contributed by atoms with Gasteiger partial charge in [-0.2, -0.15) is 5.26 Å². The first-order valence-electron chi connectivity index (χ1n) is 4.96. The van der Waals surface area contributed by atoms with Crippen LogP contribution in [-0.4, -0.2) is 13.2 Å². The number of hydrogen-bond acceptors (Lipinski definition) is 3. The van der Waals surface area contributed by atoms with Gasteiger partial charge in [0.2, 0.25) is 0 Å². The van der Waals surface area contributed by atoms with Crippen LogP contribution in [0.3, 0.4) is 0 Å². The highest BCUT2D eigenvalue weighted by atomic mass is 35.5. The lowest BCUT2D eigenvalue weighted by atomic mass is 10.3. The van der Waals surface area contributed by atoms with Gasteiger partial charge in [0.25, 0.3) is 0 Å². The van der Waals surface area contributed by atoms with Gasteiger partial charge in [-0.25, -0.2) is 8.42 Å². The van der Waals surface area contributed by atoms with Gasteiger partial charge in [-0.1, -0.05) is 30.1 Å². The van der Waals surface area contributed by atoms with E-state index >= 15 is 0 Å². The standard InChI is InChI=1S/C11H9Cl2NO2S/c1-7-5-11(7,6-14)17(15,16)10-4-8(12)2-3-9(10)13/h2-4,7H,5H2,1H3. The van der Waals surface area contributed by atoms with Crippen molar-refractivity contribution in [3.63, 3.8) is 0 Å². The summed E-state index contributed by atoms with van der Waals surface area (Å²) in [6, 6.07) is 6.13. The molecule has 0 heterocycles. The minimum atomic E-state index is -3.76. The van der Waals surface area contributed by atoms with Gasteiger partial charge in [-0.3, -0.25) is 0 Å². The Balaban J connectivity index is 2.62. The minimum absolute atomic E-state index is 0.0578. The first-order valence-corrected chi connectivity index (χ1v) is 7.20. The van der Waals surface area contributed by atoms with Crippen LogP contribution in [0.15, 0.2) is 23.1 Å². The number of hydrogen-bond donors (Lipinski definition) is 0. The van der Waals surface area contributed by atoms with Crippen LogP contribution in [0.25, 0.3) is 0 Å². The van der Waals surface area contributed by atoms with Crippen molar-refractivity contribution in [3.8, 4) is 6.07 Å². The molecule has 0 aliphatic heterocycles. The van der Waals surface area contributed by atoms with Crippen LogP contribution in [0.1, 0.15) is 13.3 Å². The van der Waals surface area contributed by atoms with Crippen molar-refractivity contribution < 1.29 is 8.42 Å². The summed E-state index contributed by atoms with van der Waals surface area (Å²) in [5, 5.41) is 9.47. The molecule has 1 aromatic carbocycles. The van der Waals surface area contributed by atoms with E-state index in [1.165, 1.54) is 18.2 Å². The number of nitrogens with zero attached hydrogens (tertiary/aromatic N) is 1. The molecule has 2 rings (SSSR count). The SMILES string of the molecule is CC1CC1(C#N)S(=O)(=O)c1cc(Cl)ccc1Cl. The van der Waals surface area contributed by atoms with Gasteiger partial charge >= 0.3 is 0 Å². The molecule has 0 aromatic heterocycles. The van der Waals surface area contributed by atoms with Crippen molar-refractivity contribution in [2.24, 2.45) is 5.92 Å². The van der Waals surface area contributed by atoms with Crippen LogP contribution in [0, 0.1) is 17.2 Å². The maximum absolute atomic E-state index is 12.4. The van der Waals surface area contributed by atoms with E-state index in [4.69, 9.17) is 28.5 Å². The summed E-state index contributed by atoms with van der Waals surface area (Å²) in [5.74, 6) is -0.174. The fourth-order valence-electron chi connectivity index (χ4n) is 1.87. The molecule has 0 spiro atoms. The van der Waals surface area contributed by atoms with E-state index in [-0.39, 0.29) is 20.9 Å². The molecule has 1 saturated carbocycles. The molecule has 0 amide bonds. The van der Waals surface area contributed by atoms with Gasteiger partial charge in [0.15, 0.2) is 14.6 Å². The molecule has 3 nitrogen and oxygen atoms in total. The number of rotatable bonds is 2. The minimum Gasteiger partial charge on any atom is -0.222 e. The molecule has 17 heavy (non-hydrogen) atoms. The first-order chi connectivity index (χ1) is 7.85. The molecule has 0 saturated heterocycles. The van der Waals surface area contributed by atoms with E-state index in [2.05, 4.69) is 0 Å². The lowest BCUT2D eigenvalue weighted by Crippen LogP contribution is -2.23. The quantitative estimate of drug-likeness (QED) is 0.841. The molecular formula is C11H9Cl2NO2S. The third-order valence-corrected chi connectivity index (χ3v) is 6.31. The second kappa shape index (κ2) is 3.88. The second-order valence-electron chi connectivity index (χ2n) is 4.18. The van der Waals surface area contributed by atoms with Gasteiger partial charge in [0, 0.05) is 5.02 Å². The van der Waals surface area contributed by atoms with Crippen LogP contribution in [0.4, 0.5) is 0 Å². The van der Waals surface area contributed by atoms with Gasteiger partial charge in [0.1, 0.15) is 0 Å². The Morgan fingerprint density at radius 3 is 2.53 bits per heavy atom. The Morgan fingerprint density at radius 2 is 2.06 bits per heavy atom. The zero-order valence-electron chi connectivity index (χ0n) is 8.94. The topological polar surface area (TPSA) is 57.9 Å². The molecule has 1 aliphatic carbocycles. The van der Waals surface area contributed by atoms with Gasteiger partial charge in [-0.15, -0.1) is 0 Å². The average Bonchev–Trinajstić information content (AvgIpc) is 2.95. The molecule has 0 radical (unpaired) electrons. The maximum Gasteiger partial charge on any atom is 0.199 e. The Labute approximate surface area is 110 Å². The highest BCUT2D eigenvalue weighted by molar-refractivity contribution is 7.93. The Kier molecular flexibility index (Phi) is 2.89. The molecule has 2 unspecified atom stereocenters. The average molecular weight is 290 g/mol. The summed E-state index contributed by atoms with van der Waals surface area (Å²) in [4.78, 5) is -0.0578. The molecule has 2 atom stereocenters. The smallest absolute Gasteiger partial charge is 0.199 e. The summed E-state index contributed by atoms with van der Waals surface area (Å²) in [6.45, 7) is 1.74. The fraction of sp³-hybridized carbons (Fsp3) is 0.364. The molecule has 0 bridgehead atoms. The summed E-state index contributed by atoms with van der Waals surface area (Å²) in [6.07, 6.45) is 0.342. The van der Waals surface area contributed by atoms with Crippen molar-refractivity contribution in [2.75, 3.05) is 0 Å². The number of halogens is 2. The monoisotopic (exact) mass is 289 g/mol. The van der Waals surface area contributed by atoms with E-state index < -0.39 is 14.6 Å². The van der Waals surface area contributed by atoms with Crippen molar-refractivity contribution in [1.82, 2.24) is 0 Å². The third kappa shape index (κ3) is 1.74. The zero-order valence-corrected chi connectivity index (χ0v) is 11.3. The Hall–Kier alpha value is -0.760. The summed E-state index contributed by atoms with van der Waals surface area (Å²) < 4.78 is 23.4. The van der Waals surface area contributed by atoms with Gasteiger partial charge in [-0.05, 0) is 30.5 Å². The van der Waals surface area contributed by atoms with Crippen molar-refractivity contribution in [3.05, 3.63) is 28.2 Å². The normalized spacial score (nSPS) is 27.5. The van der Waals surface area contributed by atoms with Crippen molar-refractivity contribution in [2.45, 2.75) is 23.0 Å². The molecule has 1 aliphatic rings. The molecule has 1 fully saturated rings. The fourth-order valence-corrected chi connectivity index (χ4v) is 4.64. The van der Waals surface area contributed by atoms with Crippen LogP contribution in [0.5, 0.6) is 0 Å².